The highest BCUT2D eigenvalue weighted by molar-refractivity contribution is 7.15. The van der Waals surface area contributed by atoms with E-state index in [4.69, 9.17) is 16.3 Å². The van der Waals surface area contributed by atoms with Gasteiger partial charge in [-0.3, -0.25) is 14.5 Å². The van der Waals surface area contributed by atoms with Gasteiger partial charge in [-0.25, -0.2) is 4.98 Å². The lowest BCUT2D eigenvalue weighted by atomic mass is 10.1. The predicted octanol–water partition coefficient (Wildman–Crippen LogP) is 3.17. The van der Waals surface area contributed by atoms with Crippen molar-refractivity contribution in [3.8, 4) is 5.75 Å². The molecule has 9 heteroatoms. The molecule has 1 N–H and O–H groups in total. The van der Waals surface area contributed by atoms with Crippen LogP contribution in [0.2, 0.25) is 5.02 Å². The minimum Gasteiger partial charge on any atom is -0.495 e. The third-order valence-electron chi connectivity index (χ3n) is 5.42. The molecule has 0 radical (unpaired) electrons. The second-order valence-electron chi connectivity index (χ2n) is 7.22. The Kier molecular flexibility index (Phi) is 5.76. The van der Waals surface area contributed by atoms with Gasteiger partial charge < -0.3 is 15.0 Å². The van der Waals surface area contributed by atoms with E-state index in [0.717, 1.165) is 31.7 Å². The number of ether oxygens (including phenoxy) is 1. The Hall–Kier alpha value is -2.16. The Bertz CT molecular complexity index is 948. The van der Waals surface area contributed by atoms with Gasteiger partial charge in [0.2, 0.25) is 11.8 Å². The van der Waals surface area contributed by atoms with Crippen LogP contribution >= 0.6 is 22.9 Å². The summed E-state index contributed by atoms with van der Waals surface area (Å²) in [6.07, 6.45) is 1.05. The molecule has 0 spiro atoms. The maximum Gasteiger partial charge on any atom is 0.231 e. The number of likely N-dealkylation sites (N-methyl/N-ethyl adjacent to an activating group) is 1. The molecule has 29 heavy (non-hydrogen) atoms. The van der Waals surface area contributed by atoms with Crippen LogP contribution in [0.5, 0.6) is 5.75 Å². The summed E-state index contributed by atoms with van der Waals surface area (Å²) in [7, 11) is 1.54. The van der Waals surface area contributed by atoms with Gasteiger partial charge in [-0.2, -0.15) is 0 Å². The van der Waals surface area contributed by atoms with E-state index in [1.54, 1.807) is 30.2 Å². The van der Waals surface area contributed by atoms with E-state index in [9.17, 15) is 9.59 Å². The van der Waals surface area contributed by atoms with Gasteiger partial charge in [0, 0.05) is 42.4 Å². The predicted molar refractivity (Wildman–Crippen MR) is 114 cm³/mol. The van der Waals surface area contributed by atoms with Crippen molar-refractivity contribution in [2.75, 3.05) is 37.0 Å². The maximum atomic E-state index is 12.8. The van der Waals surface area contributed by atoms with Crippen molar-refractivity contribution in [2.24, 2.45) is 5.92 Å². The van der Waals surface area contributed by atoms with Crippen LogP contribution in [-0.4, -0.2) is 48.4 Å². The molecule has 2 aliphatic rings. The summed E-state index contributed by atoms with van der Waals surface area (Å²) in [5.41, 5.74) is 1.66. The van der Waals surface area contributed by atoms with Gasteiger partial charge >= 0.3 is 0 Å². The van der Waals surface area contributed by atoms with Crippen LogP contribution in [-0.2, 0) is 22.6 Å². The lowest BCUT2D eigenvalue weighted by molar-refractivity contribution is -0.122. The smallest absolute Gasteiger partial charge is 0.231 e. The van der Waals surface area contributed by atoms with Crippen molar-refractivity contribution in [2.45, 2.75) is 26.3 Å². The van der Waals surface area contributed by atoms with Crippen molar-refractivity contribution >= 4 is 45.6 Å². The minimum absolute atomic E-state index is 0.122. The third kappa shape index (κ3) is 4.10. The van der Waals surface area contributed by atoms with Crippen LogP contribution in [0.25, 0.3) is 0 Å². The first-order valence-corrected chi connectivity index (χ1v) is 10.8. The Labute approximate surface area is 178 Å². The quantitative estimate of drug-likeness (QED) is 0.782. The van der Waals surface area contributed by atoms with Crippen molar-refractivity contribution in [3.63, 3.8) is 0 Å². The Balaban J connectivity index is 1.45. The molecule has 1 atom stereocenters. The molecule has 2 aliphatic heterocycles. The van der Waals surface area contributed by atoms with Crippen LogP contribution in [0, 0.1) is 5.92 Å². The van der Waals surface area contributed by atoms with Gasteiger partial charge in [0.1, 0.15) is 5.75 Å². The number of amides is 2. The summed E-state index contributed by atoms with van der Waals surface area (Å²) in [4.78, 5) is 35.1. The molecule has 1 aromatic carbocycles. The number of methoxy groups -OCH3 is 1. The monoisotopic (exact) mass is 434 g/mol. The number of hydrogen-bond acceptors (Lipinski definition) is 6. The summed E-state index contributed by atoms with van der Waals surface area (Å²) in [5, 5.41) is 4.05. The normalized spacial score (nSPS) is 19.3. The number of thiazole rings is 1. The minimum atomic E-state index is -0.445. The Morgan fingerprint density at radius 3 is 3.03 bits per heavy atom. The van der Waals surface area contributed by atoms with E-state index >= 15 is 0 Å². The number of hydrogen-bond donors (Lipinski definition) is 1. The summed E-state index contributed by atoms with van der Waals surface area (Å²) in [6, 6.07) is 5.11. The number of nitrogens with zero attached hydrogens (tertiary/aromatic N) is 3. The average Bonchev–Trinajstić information content (AvgIpc) is 3.29. The molecule has 2 amide bonds. The van der Waals surface area contributed by atoms with Crippen LogP contribution in [0.4, 0.5) is 10.8 Å². The molecule has 4 rings (SSSR count). The van der Waals surface area contributed by atoms with E-state index in [0.29, 0.717) is 21.6 Å². The molecule has 2 aromatic rings. The van der Waals surface area contributed by atoms with Crippen LogP contribution in [0.15, 0.2) is 18.2 Å². The number of nitrogens with one attached hydrogen (secondary N) is 1. The molecule has 0 aliphatic carbocycles. The lowest BCUT2D eigenvalue weighted by Gasteiger charge is -2.23. The zero-order chi connectivity index (χ0) is 20.5. The van der Waals surface area contributed by atoms with E-state index < -0.39 is 5.92 Å². The summed E-state index contributed by atoms with van der Waals surface area (Å²) >= 11 is 7.62. The molecule has 1 fully saturated rings. The van der Waals surface area contributed by atoms with Crippen LogP contribution < -0.4 is 15.0 Å². The number of carbonyl (C=O) groups is 2. The Morgan fingerprint density at radius 1 is 1.45 bits per heavy atom. The summed E-state index contributed by atoms with van der Waals surface area (Å²) in [5.74, 6) is -0.195. The van der Waals surface area contributed by atoms with Gasteiger partial charge in [-0.05, 0) is 24.7 Å². The number of benzene rings is 1. The third-order valence-corrected chi connectivity index (χ3v) is 6.65. The van der Waals surface area contributed by atoms with Crippen molar-refractivity contribution in [3.05, 3.63) is 33.8 Å². The van der Waals surface area contributed by atoms with Crippen molar-refractivity contribution in [1.29, 1.82) is 0 Å². The lowest BCUT2D eigenvalue weighted by Crippen LogP contribution is -2.29. The second-order valence-corrected chi connectivity index (χ2v) is 8.74. The number of anilines is 2. The maximum absolute atomic E-state index is 12.8. The van der Waals surface area contributed by atoms with Gasteiger partial charge in [0.05, 0.1) is 24.4 Å². The average molecular weight is 435 g/mol. The zero-order valence-electron chi connectivity index (χ0n) is 16.4. The SMILES string of the molecule is CCN1CCc2nc(NC(=O)C3CC(=O)N(c4cc(Cl)ccc4OC)C3)sc2C1. The largest absolute Gasteiger partial charge is 0.495 e. The fourth-order valence-electron chi connectivity index (χ4n) is 3.77. The molecular weight excluding hydrogens is 412 g/mol. The topological polar surface area (TPSA) is 74.8 Å². The highest BCUT2D eigenvalue weighted by Crippen LogP contribution is 2.36. The highest BCUT2D eigenvalue weighted by Gasteiger charge is 2.37. The fourth-order valence-corrected chi connectivity index (χ4v) is 4.99. The van der Waals surface area contributed by atoms with Crippen molar-refractivity contribution < 1.29 is 14.3 Å². The second kappa shape index (κ2) is 8.30. The number of aromatic nitrogens is 1. The molecule has 1 aromatic heterocycles. The first kappa shape index (κ1) is 20.1. The summed E-state index contributed by atoms with van der Waals surface area (Å²) < 4.78 is 5.35. The van der Waals surface area contributed by atoms with E-state index in [1.807, 2.05) is 0 Å². The van der Waals surface area contributed by atoms with Gasteiger partial charge in [0.15, 0.2) is 5.13 Å². The van der Waals surface area contributed by atoms with Gasteiger partial charge in [0.25, 0.3) is 0 Å². The molecule has 3 heterocycles. The van der Waals surface area contributed by atoms with Crippen LogP contribution in [0.1, 0.15) is 23.9 Å². The van der Waals surface area contributed by atoms with E-state index in [2.05, 4.69) is 22.1 Å². The van der Waals surface area contributed by atoms with E-state index in [1.165, 1.54) is 16.2 Å². The first-order chi connectivity index (χ1) is 14.0. The first-order valence-electron chi connectivity index (χ1n) is 9.64. The van der Waals surface area contributed by atoms with Gasteiger partial charge in [-0.1, -0.05) is 18.5 Å². The fraction of sp³-hybridized carbons (Fsp3) is 0.450. The summed E-state index contributed by atoms with van der Waals surface area (Å²) in [6.45, 7) is 5.31. The highest BCUT2D eigenvalue weighted by atomic mass is 35.5. The van der Waals surface area contributed by atoms with Crippen LogP contribution in [0.3, 0.4) is 0 Å². The number of carbonyl (C=O) groups excluding carboxylic acids is 2. The molecule has 154 valence electrons. The molecular formula is C20H23ClN4O3S. The molecule has 1 saturated heterocycles. The number of rotatable bonds is 5. The van der Waals surface area contributed by atoms with Crippen molar-refractivity contribution in [1.82, 2.24) is 9.88 Å². The Morgan fingerprint density at radius 2 is 2.28 bits per heavy atom. The zero-order valence-corrected chi connectivity index (χ0v) is 18.0. The standard InChI is InChI=1S/C20H23ClN4O3S/c1-3-24-7-6-14-17(11-24)29-20(22-14)23-19(27)12-8-18(26)25(10-12)15-9-13(21)4-5-16(15)28-2/h4-5,9,12H,3,6-8,10-11H2,1-2H3,(H,22,23,27). The van der Waals surface area contributed by atoms with E-state index in [-0.39, 0.29) is 24.8 Å². The molecule has 0 bridgehead atoms. The molecule has 1 unspecified atom stereocenters. The van der Waals surface area contributed by atoms with Gasteiger partial charge in [-0.15, -0.1) is 11.3 Å². The number of halogens is 1. The molecule has 0 saturated carbocycles. The number of fused-ring (bicyclic) bond motifs is 1. The molecule has 7 nitrogen and oxygen atoms in total.